The number of hydrogen-bond acceptors (Lipinski definition) is 3. The fourth-order valence-corrected chi connectivity index (χ4v) is 1.71. The zero-order valence-corrected chi connectivity index (χ0v) is 10.2. The summed E-state index contributed by atoms with van der Waals surface area (Å²) in [5.74, 6) is 0.450. The molecule has 0 spiro atoms. The number of rotatable bonds is 5. The third-order valence-electron chi connectivity index (χ3n) is 2.66. The Kier molecular flexibility index (Phi) is 4.19. The standard InChI is InChI=1S/C13H14F3N3/c14-13(15,16)7-3-4-8-17-12-18-9-10-5-1-2-6-11(10)19-12/h1-2,5-6,9H,3-4,7-8H2,(H,17,18,19). The highest BCUT2D eigenvalue weighted by atomic mass is 19.4. The van der Waals surface area contributed by atoms with E-state index in [0.29, 0.717) is 18.9 Å². The molecule has 0 amide bonds. The summed E-state index contributed by atoms with van der Waals surface area (Å²) >= 11 is 0. The number of para-hydroxylation sites is 1. The van der Waals surface area contributed by atoms with E-state index in [1.807, 2.05) is 24.3 Å². The van der Waals surface area contributed by atoms with Crippen molar-refractivity contribution in [3.63, 3.8) is 0 Å². The van der Waals surface area contributed by atoms with E-state index in [0.717, 1.165) is 10.9 Å². The van der Waals surface area contributed by atoms with E-state index < -0.39 is 12.6 Å². The predicted molar refractivity (Wildman–Crippen MR) is 67.9 cm³/mol. The maximum absolute atomic E-state index is 11.9. The summed E-state index contributed by atoms with van der Waals surface area (Å²) in [6.07, 6.45) is -2.56. The third kappa shape index (κ3) is 4.39. The second kappa shape index (κ2) is 5.86. The van der Waals surface area contributed by atoms with Crippen LogP contribution >= 0.6 is 0 Å². The summed E-state index contributed by atoms with van der Waals surface area (Å²) in [5.41, 5.74) is 0.815. The Labute approximate surface area is 108 Å². The maximum Gasteiger partial charge on any atom is 0.389 e. The Morgan fingerprint density at radius 2 is 1.89 bits per heavy atom. The Morgan fingerprint density at radius 3 is 2.68 bits per heavy atom. The van der Waals surface area contributed by atoms with Crippen molar-refractivity contribution in [3.05, 3.63) is 30.5 Å². The molecule has 1 heterocycles. The first-order valence-electron chi connectivity index (χ1n) is 6.07. The molecule has 0 aliphatic rings. The first-order valence-corrected chi connectivity index (χ1v) is 6.07. The molecule has 19 heavy (non-hydrogen) atoms. The molecule has 0 aliphatic heterocycles. The minimum Gasteiger partial charge on any atom is -0.354 e. The SMILES string of the molecule is FC(F)(F)CCCCNc1ncc2ccccc2n1. The smallest absolute Gasteiger partial charge is 0.354 e. The summed E-state index contributed by atoms with van der Waals surface area (Å²) in [6, 6.07) is 7.55. The predicted octanol–water partition coefficient (Wildman–Crippen LogP) is 3.77. The van der Waals surface area contributed by atoms with Gasteiger partial charge in [0.2, 0.25) is 5.95 Å². The lowest BCUT2D eigenvalue weighted by Crippen LogP contribution is -2.09. The fraction of sp³-hybridized carbons (Fsp3) is 0.385. The van der Waals surface area contributed by atoms with Gasteiger partial charge in [-0.1, -0.05) is 18.2 Å². The molecule has 3 nitrogen and oxygen atoms in total. The van der Waals surface area contributed by atoms with Gasteiger partial charge in [-0.25, -0.2) is 9.97 Å². The van der Waals surface area contributed by atoms with E-state index in [1.165, 1.54) is 0 Å². The van der Waals surface area contributed by atoms with Crippen LogP contribution in [0.3, 0.4) is 0 Å². The summed E-state index contributed by atoms with van der Waals surface area (Å²) in [5, 5.41) is 3.87. The number of alkyl halides is 3. The van der Waals surface area contributed by atoms with Gasteiger partial charge in [0.15, 0.2) is 0 Å². The van der Waals surface area contributed by atoms with Crippen LogP contribution in [0.1, 0.15) is 19.3 Å². The quantitative estimate of drug-likeness (QED) is 0.839. The van der Waals surface area contributed by atoms with Gasteiger partial charge in [-0.2, -0.15) is 13.2 Å². The lowest BCUT2D eigenvalue weighted by atomic mass is 10.2. The van der Waals surface area contributed by atoms with Crippen LogP contribution in [-0.2, 0) is 0 Å². The molecule has 0 radical (unpaired) electrons. The summed E-state index contributed by atoms with van der Waals surface area (Å²) in [4.78, 5) is 8.39. The maximum atomic E-state index is 11.9. The molecule has 2 aromatic rings. The van der Waals surface area contributed by atoms with Crippen LogP contribution in [0.2, 0.25) is 0 Å². The van der Waals surface area contributed by atoms with Crippen LogP contribution in [0.4, 0.5) is 19.1 Å². The van der Waals surface area contributed by atoms with Crippen molar-refractivity contribution in [3.8, 4) is 0 Å². The monoisotopic (exact) mass is 269 g/mol. The van der Waals surface area contributed by atoms with Crippen molar-refractivity contribution < 1.29 is 13.2 Å². The highest BCUT2D eigenvalue weighted by Crippen LogP contribution is 2.22. The van der Waals surface area contributed by atoms with E-state index in [-0.39, 0.29) is 6.42 Å². The van der Waals surface area contributed by atoms with Gasteiger partial charge in [0.05, 0.1) is 5.52 Å². The third-order valence-corrected chi connectivity index (χ3v) is 2.66. The largest absolute Gasteiger partial charge is 0.389 e. The van der Waals surface area contributed by atoms with Crippen LogP contribution in [0.5, 0.6) is 0 Å². The van der Waals surface area contributed by atoms with Crippen molar-refractivity contribution in [1.82, 2.24) is 9.97 Å². The Balaban J connectivity index is 1.82. The second-order valence-corrected chi connectivity index (χ2v) is 4.25. The van der Waals surface area contributed by atoms with Crippen LogP contribution < -0.4 is 5.32 Å². The average Bonchev–Trinajstić information content (AvgIpc) is 2.37. The molecule has 1 aromatic carbocycles. The molecule has 0 saturated carbocycles. The molecule has 0 saturated heterocycles. The van der Waals surface area contributed by atoms with Gasteiger partial charge in [-0.05, 0) is 18.9 Å². The molecular weight excluding hydrogens is 255 g/mol. The topological polar surface area (TPSA) is 37.8 Å². The van der Waals surface area contributed by atoms with Gasteiger partial charge in [-0.3, -0.25) is 0 Å². The van der Waals surface area contributed by atoms with Crippen molar-refractivity contribution in [2.45, 2.75) is 25.4 Å². The van der Waals surface area contributed by atoms with Gasteiger partial charge in [0, 0.05) is 24.5 Å². The molecule has 0 atom stereocenters. The number of unbranched alkanes of at least 4 members (excludes halogenated alkanes) is 1. The van der Waals surface area contributed by atoms with Crippen molar-refractivity contribution in [1.29, 1.82) is 0 Å². The van der Waals surface area contributed by atoms with Gasteiger partial charge in [0.1, 0.15) is 0 Å². The van der Waals surface area contributed by atoms with Gasteiger partial charge < -0.3 is 5.32 Å². The van der Waals surface area contributed by atoms with Crippen molar-refractivity contribution in [2.75, 3.05) is 11.9 Å². The minimum atomic E-state index is -4.07. The Bertz CT molecular complexity index is 540. The molecule has 0 aliphatic carbocycles. The van der Waals surface area contributed by atoms with E-state index >= 15 is 0 Å². The molecule has 102 valence electrons. The number of halogens is 3. The molecule has 1 N–H and O–H groups in total. The van der Waals surface area contributed by atoms with E-state index in [1.54, 1.807) is 6.20 Å². The van der Waals surface area contributed by atoms with Crippen molar-refractivity contribution in [2.24, 2.45) is 0 Å². The summed E-state index contributed by atoms with van der Waals surface area (Å²) in [7, 11) is 0. The highest BCUT2D eigenvalue weighted by molar-refractivity contribution is 5.78. The zero-order chi connectivity index (χ0) is 13.7. The Hall–Kier alpha value is -1.85. The van der Waals surface area contributed by atoms with Crippen LogP contribution in [-0.4, -0.2) is 22.7 Å². The van der Waals surface area contributed by atoms with E-state index in [4.69, 9.17) is 0 Å². The number of nitrogens with one attached hydrogen (secondary N) is 1. The summed E-state index contributed by atoms with van der Waals surface area (Å²) in [6.45, 7) is 0.439. The lowest BCUT2D eigenvalue weighted by Gasteiger charge is -2.07. The number of fused-ring (bicyclic) bond motifs is 1. The molecule has 0 fully saturated rings. The highest BCUT2D eigenvalue weighted by Gasteiger charge is 2.25. The number of benzene rings is 1. The molecule has 6 heteroatoms. The zero-order valence-electron chi connectivity index (χ0n) is 10.2. The minimum absolute atomic E-state index is 0.115. The van der Waals surface area contributed by atoms with E-state index in [9.17, 15) is 13.2 Å². The van der Waals surface area contributed by atoms with Crippen LogP contribution in [0.25, 0.3) is 10.9 Å². The number of anilines is 1. The first-order chi connectivity index (χ1) is 9.04. The van der Waals surface area contributed by atoms with Crippen LogP contribution in [0.15, 0.2) is 30.5 Å². The average molecular weight is 269 g/mol. The van der Waals surface area contributed by atoms with Crippen molar-refractivity contribution >= 4 is 16.9 Å². The fourth-order valence-electron chi connectivity index (χ4n) is 1.71. The molecule has 2 rings (SSSR count). The van der Waals surface area contributed by atoms with Gasteiger partial charge >= 0.3 is 6.18 Å². The molecule has 0 bridgehead atoms. The number of aromatic nitrogens is 2. The van der Waals surface area contributed by atoms with Gasteiger partial charge in [-0.15, -0.1) is 0 Å². The Morgan fingerprint density at radius 1 is 1.11 bits per heavy atom. The molecular formula is C13H14F3N3. The summed E-state index contributed by atoms with van der Waals surface area (Å²) < 4.78 is 35.8. The normalized spacial score (nSPS) is 11.7. The molecule has 1 aromatic heterocycles. The lowest BCUT2D eigenvalue weighted by molar-refractivity contribution is -0.135. The molecule has 0 unspecified atom stereocenters. The first kappa shape index (κ1) is 13.6. The number of nitrogens with zero attached hydrogens (tertiary/aromatic N) is 2. The van der Waals surface area contributed by atoms with Crippen LogP contribution in [0, 0.1) is 0 Å². The second-order valence-electron chi connectivity index (χ2n) is 4.25. The number of hydrogen-bond donors (Lipinski definition) is 1. The van der Waals surface area contributed by atoms with E-state index in [2.05, 4.69) is 15.3 Å². The van der Waals surface area contributed by atoms with Gasteiger partial charge in [0.25, 0.3) is 0 Å².